The van der Waals surface area contributed by atoms with Crippen LogP contribution in [0.5, 0.6) is 0 Å². The van der Waals surface area contributed by atoms with Crippen LogP contribution < -0.4 is 5.32 Å². The van der Waals surface area contributed by atoms with Gasteiger partial charge in [-0.3, -0.25) is 0 Å². The molecule has 0 fully saturated rings. The summed E-state index contributed by atoms with van der Waals surface area (Å²) in [5, 5.41) is 11.6. The van der Waals surface area contributed by atoms with Gasteiger partial charge in [-0.05, 0) is 44.9 Å². The molecule has 0 radical (unpaired) electrons. The summed E-state index contributed by atoms with van der Waals surface area (Å²) in [6.45, 7) is 13.6. The minimum absolute atomic E-state index is 0.0311. The Labute approximate surface area is 122 Å². The summed E-state index contributed by atoms with van der Waals surface area (Å²) >= 11 is 0. The van der Waals surface area contributed by atoms with E-state index < -0.39 is 23.7 Å². The van der Waals surface area contributed by atoms with Gasteiger partial charge >= 0.3 is 12.1 Å². The van der Waals surface area contributed by atoms with Gasteiger partial charge in [0.05, 0.1) is 0 Å². The molecule has 0 aliphatic rings. The van der Waals surface area contributed by atoms with Gasteiger partial charge in [0.1, 0.15) is 11.6 Å². The molecule has 0 aliphatic heterocycles. The monoisotopic (exact) mass is 287 g/mol. The zero-order valence-electron chi connectivity index (χ0n) is 13.7. The third-order valence-corrected chi connectivity index (χ3v) is 3.63. The molecule has 5 nitrogen and oxygen atoms in total. The van der Waals surface area contributed by atoms with Crippen molar-refractivity contribution in [3.8, 4) is 0 Å². The molecule has 1 amide bonds. The normalized spacial score (nSPS) is 14.0. The molecule has 0 saturated heterocycles. The number of hydrogen-bond donors (Lipinski definition) is 2. The SMILES string of the molecule is CC(C)C(C)(C)CCC(NC(=O)OC(C)(C)C)C(=O)O. The predicted octanol–water partition coefficient (Wildman–Crippen LogP) is 3.43. The largest absolute Gasteiger partial charge is 0.480 e. The molecule has 0 aromatic carbocycles. The summed E-state index contributed by atoms with van der Waals surface area (Å²) in [5.74, 6) is -0.589. The van der Waals surface area contributed by atoms with Crippen LogP contribution in [-0.2, 0) is 9.53 Å². The number of aliphatic carboxylic acids is 1. The quantitative estimate of drug-likeness (QED) is 0.784. The van der Waals surface area contributed by atoms with Gasteiger partial charge in [0.25, 0.3) is 0 Å². The molecule has 2 N–H and O–H groups in total. The number of carbonyl (C=O) groups excluding carboxylic acids is 1. The predicted molar refractivity (Wildman–Crippen MR) is 78.6 cm³/mol. The zero-order chi connectivity index (χ0) is 16.1. The Kier molecular flexibility index (Phi) is 6.51. The average molecular weight is 287 g/mol. The minimum atomic E-state index is -1.03. The number of nitrogens with one attached hydrogen (secondary N) is 1. The van der Waals surface area contributed by atoms with Crippen molar-refractivity contribution in [2.45, 2.75) is 73.0 Å². The fraction of sp³-hybridized carbons (Fsp3) is 0.867. The van der Waals surface area contributed by atoms with E-state index in [9.17, 15) is 14.7 Å². The van der Waals surface area contributed by atoms with E-state index in [0.717, 1.165) is 6.42 Å². The molecule has 0 bridgehead atoms. The Bertz CT molecular complexity index is 342. The van der Waals surface area contributed by atoms with E-state index >= 15 is 0 Å². The number of carbonyl (C=O) groups is 2. The molecule has 0 aliphatic carbocycles. The van der Waals surface area contributed by atoms with Crippen molar-refractivity contribution in [1.29, 1.82) is 0 Å². The Morgan fingerprint density at radius 1 is 1.15 bits per heavy atom. The number of carboxylic acids is 1. The summed E-state index contributed by atoms with van der Waals surface area (Å²) in [6.07, 6.45) is 0.421. The van der Waals surface area contributed by atoms with Crippen molar-refractivity contribution >= 4 is 12.1 Å². The van der Waals surface area contributed by atoms with Gasteiger partial charge in [-0.25, -0.2) is 9.59 Å². The highest BCUT2D eigenvalue weighted by Gasteiger charge is 2.28. The first-order valence-corrected chi connectivity index (χ1v) is 7.07. The maximum atomic E-state index is 11.6. The molecule has 0 heterocycles. The van der Waals surface area contributed by atoms with E-state index in [4.69, 9.17) is 4.74 Å². The Hall–Kier alpha value is -1.26. The first-order chi connectivity index (χ1) is 8.85. The summed E-state index contributed by atoms with van der Waals surface area (Å²) < 4.78 is 5.08. The second-order valence-electron chi connectivity index (χ2n) is 7.22. The fourth-order valence-electron chi connectivity index (χ4n) is 1.51. The number of ether oxygens (including phenoxy) is 1. The fourth-order valence-corrected chi connectivity index (χ4v) is 1.51. The van der Waals surface area contributed by atoms with Gasteiger partial charge in [0.15, 0.2) is 0 Å². The summed E-state index contributed by atoms with van der Waals surface area (Å²) in [7, 11) is 0. The third-order valence-electron chi connectivity index (χ3n) is 3.63. The lowest BCUT2D eigenvalue weighted by Crippen LogP contribution is -2.44. The van der Waals surface area contributed by atoms with Crippen LogP contribution in [-0.4, -0.2) is 28.8 Å². The second kappa shape index (κ2) is 6.95. The molecule has 1 atom stereocenters. The van der Waals surface area contributed by atoms with E-state index in [1.165, 1.54) is 0 Å². The van der Waals surface area contributed by atoms with Crippen molar-refractivity contribution in [2.75, 3.05) is 0 Å². The van der Waals surface area contributed by atoms with Gasteiger partial charge in [0, 0.05) is 0 Å². The van der Waals surface area contributed by atoms with Crippen LogP contribution in [0, 0.1) is 11.3 Å². The van der Waals surface area contributed by atoms with Crippen molar-refractivity contribution < 1.29 is 19.4 Å². The van der Waals surface area contributed by atoms with Gasteiger partial charge in [0.2, 0.25) is 0 Å². The lowest BCUT2D eigenvalue weighted by Gasteiger charge is -2.30. The number of alkyl carbamates (subject to hydrolysis) is 1. The molecular weight excluding hydrogens is 258 g/mol. The van der Waals surface area contributed by atoms with Gasteiger partial charge in [-0.2, -0.15) is 0 Å². The van der Waals surface area contributed by atoms with Gasteiger partial charge in [-0.15, -0.1) is 0 Å². The van der Waals surface area contributed by atoms with Crippen LogP contribution in [0.3, 0.4) is 0 Å². The molecular formula is C15H29NO4. The van der Waals surface area contributed by atoms with E-state index in [1.54, 1.807) is 20.8 Å². The number of carboxylic acid groups (broad SMARTS) is 1. The van der Waals surface area contributed by atoms with Crippen LogP contribution in [0.15, 0.2) is 0 Å². The smallest absolute Gasteiger partial charge is 0.408 e. The van der Waals surface area contributed by atoms with Crippen LogP contribution in [0.2, 0.25) is 0 Å². The molecule has 0 aromatic rings. The van der Waals surface area contributed by atoms with E-state index in [-0.39, 0.29) is 5.41 Å². The average Bonchev–Trinajstić information content (AvgIpc) is 2.20. The Morgan fingerprint density at radius 2 is 1.65 bits per heavy atom. The number of rotatable bonds is 6. The van der Waals surface area contributed by atoms with Crippen molar-refractivity contribution in [2.24, 2.45) is 11.3 Å². The lowest BCUT2D eigenvalue weighted by molar-refractivity contribution is -0.139. The van der Waals surface area contributed by atoms with Crippen LogP contribution in [0.25, 0.3) is 0 Å². The Balaban J connectivity index is 4.53. The molecule has 118 valence electrons. The molecule has 0 rings (SSSR count). The molecule has 0 saturated carbocycles. The standard InChI is InChI=1S/C15H29NO4/c1-10(2)15(6,7)9-8-11(12(17)18)16-13(19)20-14(3,4)5/h10-11H,8-9H2,1-7H3,(H,16,19)(H,17,18). The topological polar surface area (TPSA) is 75.6 Å². The Morgan fingerprint density at radius 3 is 2.00 bits per heavy atom. The minimum Gasteiger partial charge on any atom is -0.480 e. The maximum absolute atomic E-state index is 11.6. The summed E-state index contributed by atoms with van der Waals surface area (Å²) in [6, 6.07) is -0.914. The summed E-state index contributed by atoms with van der Waals surface area (Å²) in [5.41, 5.74) is -0.604. The van der Waals surface area contributed by atoms with Crippen molar-refractivity contribution in [3.63, 3.8) is 0 Å². The first kappa shape index (κ1) is 18.7. The first-order valence-electron chi connectivity index (χ1n) is 7.07. The van der Waals surface area contributed by atoms with Crippen molar-refractivity contribution in [3.05, 3.63) is 0 Å². The molecule has 1 unspecified atom stereocenters. The highest BCUT2D eigenvalue weighted by atomic mass is 16.6. The molecule has 5 heteroatoms. The highest BCUT2D eigenvalue weighted by molar-refractivity contribution is 5.79. The molecule has 0 aromatic heterocycles. The zero-order valence-corrected chi connectivity index (χ0v) is 13.7. The number of amides is 1. The third kappa shape index (κ3) is 7.36. The molecule has 20 heavy (non-hydrogen) atoms. The van der Waals surface area contributed by atoms with E-state index in [0.29, 0.717) is 12.3 Å². The van der Waals surface area contributed by atoms with Crippen LogP contribution in [0.1, 0.15) is 61.3 Å². The van der Waals surface area contributed by atoms with E-state index in [2.05, 4.69) is 33.0 Å². The highest BCUT2D eigenvalue weighted by Crippen LogP contribution is 2.31. The van der Waals surface area contributed by atoms with E-state index in [1.807, 2.05) is 0 Å². The lowest BCUT2D eigenvalue weighted by atomic mass is 9.76. The second-order valence-corrected chi connectivity index (χ2v) is 7.22. The van der Waals surface area contributed by atoms with Crippen molar-refractivity contribution in [1.82, 2.24) is 5.32 Å². The van der Waals surface area contributed by atoms with Gasteiger partial charge < -0.3 is 15.2 Å². The van der Waals surface area contributed by atoms with Crippen LogP contribution in [0.4, 0.5) is 4.79 Å². The maximum Gasteiger partial charge on any atom is 0.408 e. The summed E-state index contributed by atoms with van der Waals surface area (Å²) in [4.78, 5) is 22.9. The molecule has 0 spiro atoms. The van der Waals surface area contributed by atoms with Gasteiger partial charge in [-0.1, -0.05) is 27.7 Å². The number of hydrogen-bond acceptors (Lipinski definition) is 3. The van der Waals surface area contributed by atoms with Crippen LogP contribution >= 0.6 is 0 Å².